The van der Waals surface area contributed by atoms with Gasteiger partial charge < -0.3 is 5.32 Å². The molecule has 2 aliphatic rings. The lowest BCUT2D eigenvalue weighted by Crippen LogP contribution is -2.59. The van der Waals surface area contributed by atoms with Crippen LogP contribution in [0.1, 0.15) is 47.7 Å². The summed E-state index contributed by atoms with van der Waals surface area (Å²) in [7, 11) is 1.81. The van der Waals surface area contributed by atoms with Gasteiger partial charge in [-0.2, -0.15) is 5.10 Å². The first kappa shape index (κ1) is 14.5. The number of carbonyl (C=O) groups excluding carboxylic acids is 1. The van der Waals surface area contributed by atoms with Crippen molar-refractivity contribution in [1.82, 2.24) is 15.1 Å². The van der Waals surface area contributed by atoms with E-state index in [1.165, 1.54) is 31.2 Å². The highest BCUT2D eigenvalue weighted by Crippen LogP contribution is 2.54. The smallest absolute Gasteiger partial charge is 0.269 e. The van der Waals surface area contributed by atoms with Crippen molar-refractivity contribution in [1.29, 1.82) is 0 Å². The van der Waals surface area contributed by atoms with E-state index in [4.69, 9.17) is 0 Å². The Kier molecular flexibility index (Phi) is 3.68. The zero-order valence-corrected chi connectivity index (χ0v) is 13.5. The maximum Gasteiger partial charge on any atom is 0.269 e. The van der Waals surface area contributed by atoms with Gasteiger partial charge in [0.1, 0.15) is 5.69 Å². The largest absolute Gasteiger partial charge is 0.347 e. The van der Waals surface area contributed by atoms with Crippen LogP contribution in [-0.2, 0) is 7.05 Å². The number of carbonyl (C=O) groups is 1. The summed E-state index contributed by atoms with van der Waals surface area (Å²) >= 11 is 0. The number of fused-ring (bicyclic) bond motifs is 1. The molecule has 2 saturated carbocycles. The molecule has 2 aromatic rings. The minimum Gasteiger partial charge on any atom is -0.347 e. The number of aromatic nitrogens is 2. The van der Waals surface area contributed by atoms with Crippen molar-refractivity contribution in [2.75, 3.05) is 0 Å². The molecule has 4 nitrogen and oxygen atoms in total. The zero-order valence-electron chi connectivity index (χ0n) is 13.5. The highest BCUT2D eigenvalue weighted by Gasteiger charge is 2.51. The Hall–Kier alpha value is -2.10. The highest BCUT2D eigenvalue weighted by atomic mass is 16.2. The molecule has 23 heavy (non-hydrogen) atoms. The van der Waals surface area contributed by atoms with Crippen molar-refractivity contribution in [2.24, 2.45) is 18.9 Å². The van der Waals surface area contributed by atoms with Crippen LogP contribution < -0.4 is 5.32 Å². The van der Waals surface area contributed by atoms with E-state index in [1.807, 2.05) is 7.05 Å². The van der Waals surface area contributed by atoms with Crippen molar-refractivity contribution in [3.05, 3.63) is 53.9 Å². The molecular formula is C19H23N3O. The maximum atomic E-state index is 12.6. The molecule has 0 spiro atoms. The number of hydrogen-bond acceptors (Lipinski definition) is 2. The topological polar surface area (TPSA) is 46.9 Å². The van der Waals surface area contributed by atoms with E-state index in [9.17, 15) is 4.79 Å². The quantitative estimate of drug-likeness (QED) is 0.947. The van der Waals surface area contributed by atoms with Crippen LogP contribution in [0.15, 0.2) is 42.6 Å². The first-order valence-corrected chi connectivity index (χ1v) is 8.59. The Morgan fingerprint density at radius 2 is 1.87 bits per heavy atom. The number of nitrogens with one attached hydrogen (secondary N) is 1. The average Bonchev–Trinajstić information content (AvgIpc) is 3.00. The van der Waals surface area contributed by atoms with Crippen molar-refractivity contribution in [3.63, 3.8) is 0 Å². The van der Waals surface area contributed by atoms with Gasteiger partial charge >= 0.3 is 0 Å². The summed E-state index contributed by atoms with van der Waals surface area (Å²) in [5.41, 5.74) is 2.00. The van der Waals surface area contributed by atoms with Gasteiger partial charge in [-0.05, 0) is 36.3 Å². The molecule has 1 amide bonds. The first-order valence-electron chi connectivity index (χ1n) is 8.59. The van der Waals surface area contributed by atoms with Crippen molar-refractivity contribution in [3.8, 4) is 0 Å². The average molecular weight is 309 g/mol. The molecule has 4 rings (SSSR count). The third-order valence-electron chi connectivity index (χ3n) is 5.72. The summed E-state index contributed by atoms with van der Waals surface area (Å²) in [6, 6.07) is 12.7. The lowest BCUT2D eigenvalue weighted by atomic mass is 9.53. The summed E-state index contributed by atoms with van der Waals surface area (Å²) in [5, 5.41) is 7.41. The van der Waals surface area contributed by atoms with E-state index in [-0.39, 0.29) is 11.9 Å². The standard InChI is InChI=1S/C19H23N3O/c1-22-16(11-12-20-22)19(23)21-18-15-10-6-5-9-14(15)17(18)13-7-3-2-4-8-13/h2-4,7-8,11-12,14-15,17-18H,5-6,9-10H2,1H3,(H,21,23)/t14-,15+,17-,18-/m0/s1. The third kappa shape index (κ3) is 2.46. The van der Waals surface area contributed by atoms with Gasteiger partial charge in [-0.25, -0.2) is 0 Å². The highest BCUT2D eigenvalue weighted by molar-refractivity contribution is 5.92. The fraction of sp³-hybridized carbons (Fsp3) is 0.474. The Morgan fingerprint density at radius 3 is 2.57 bits per heavy atom. The number of benzene rings is 1. The molecule has 2 aliphatic carbocycles. The van der Waals surface area contributed by atoms with Crippen LogP contribution in [0, 0.1) is 11.8 Å². The molecule has 0 aliphatic heterocycles. The number of hydrogen-bond donors (Lipinski definition) is 1. The van der Waals surface area contributed by atoms with Crippen molar-refractivity contribution >= 4 is 5.91 Å². The molecule has 2 fully saturated rings. The molecule has 4 atom stereocenters. The monoisotopic (exact) mass is 309 g/mol. The molecule has 1 aromatic heterocycles. The fourth-order valence-corrected chi connectivity index (χ4v) is 4.62. The predicted molar refractivity (Wildman–Crippen MR) is 89.1 cm³/mol. The summed E-state index contributed by atoms with van der Waals surface area (Å²) < 4.78 is 1.64. The molecule has 1 heterocycles. The molecule has 4 heteroatoms. The number of rotatable bonds is 3. The Labute approximate surface area is 136 Å². The summed E-state index contributed by atoms with van der Waals surface area (Å²) in [6.45, 7) is 0. The normalized spacial score (nSPS) is 29.4. The lowest BCUT2D eigenvalue weighted by Gasteiger charge is -2.55. The summed E-state index contributed by atoms with van der Waals surface area (Å²) in [5.74, 6) is 1.81. The van der Waals surface area contributed by atoms with Crippen LogP contribution in [0.25, 0.3) is 0 Å². The van der Waals surface area contributed by atoms with Gasteiger partial charge in [0, 0.05) is 25.2 Å². The second-order valence-corrected chi connectivity index (χ2v) is 6.89. The van der Waals surface area contributed by atoms with Gasteiger partial charge in [-0.1, -0.05) is 43.2 Å². The van der Waals surface area contributed by atoms with E-state index in [1.54, 1.807) is 16.9 Å². The van der Waals surface area contributed by atoms with Crippen LogP contribution in [0.4, 0.5) is 0 Å². The molecule has 0 radical (unpaired) electrons. The van der Waals surface area contributed by atoms with Crippen LogP contribution in [0.3, 0.4) is 0 Å². The summed E-state index contributed by atoms with van der Waals surface area (Å²) in [6.07, 6.45) is 6.83. The van der Waals surface area contributed by atoms with Crippen LogP contribution in [0.5, 0.6) is 0 Å². The molecule has 0 unspecified atom stereocenters. The van der Waals surface area contributed by atoms with Gasteiger partial charge in [-0.15, -0.1) is 0 Å². The Bertz CT molecular complexity index is 694. The van der Waals surface area contributed by atoms with Crippen LogP contribution >= 0.6 is 0 Å². The zero-order chi connectivity index (χ0) is 15.8. The van der Waals surface area contributed by atoms with E-state index in [0.29, 0.717) is 17.5 Å². The van der Waals surface area contributed by atoms with E-state index < -0.39 is 0 Å². The molecule has 1 N–H and O–H groups in total. The lowest BCUT2D eigenvalue weighted by molar-refractivity contribution is 0.0249. The minimum absolute atomic E-state index is 0.0000420. The Balaban J connectivity index is 1.57. The van der Waals surface area contributed by atoms with Crippen LogP contribution in [-0.4, -0.2) is 21.7 Å². The second-order valence-electron chi connectivity index (χ2n) is 6.89. The van der Waals surface area contributed by atoms with Gasteiger partial charge in [0.05, 0.1) is 0 Å². The summed E-state index contributed by atoms with van der Waals surface area (Å²) in [4.78, 5) is 12.6. The molecule has 1 aromatic carbocycles. The number of amides is 1. The van der Waals surface area contributed by atoms with Gasteiger partial charge in [0.25, 0.3) is 5.91 Å². The SMILES string of the molecule is Cn1nccc1C(=O)N[C@H]1[C@@H]2CCCC[C@@H]2[C@@H]1c1ccccc1. The second kappa shape index (κ2) is 5.84. The van der Waals surface area contributed by atoms with Crippen molar-refractivity contribution in [2.45, 2.75) is 37.6 Å². The van der Waals surface area contributed by atoms with Gasteiger partial charge in [0.2, 0.25) is 0 Å². The Morgan fingerprint density at radius 1 is 1.13 bits per heavy atom. The first-order chi connectivity index (χ1) is 11.3. The van der Waals surface area contributed by atoms with Gasteiger partial charge in [-0.3, -0.25) is 9.48 Å². The third-order valence-corrected chi connectivity index (χ3v) is 5.72. The van der Waals surface area contributed by atoms with E-state index in [0.717, 1.165) is 5.92 Å². The fourth-order valence-electron chi connectivity index (χ4n) is 4.62. The number of aryl methyl sites for hydroxylation is 1. The minimum atomic E-state index is -0.0000420. The number of nitrogens with zero attached hydrogens (tertiary/aromatic N) is 2. The molecule has 0 bridgehead atoms. The van der Waals surface area contributed by atoms with Crippen LogP contribution in [0.2, 0.25) is 0 Å². The van der Waals surface area contributed by atoms with Gasteiger partial charge in [0.15, 0.2) is 0 Å². The molecule has 120 valence electrons. The van der Waals surface area contributed by atoms with E-state index >= 15 is 0 Å². The van der Waals surface area contributed by atoms with Crippen molar-refractivity contribution < 1.29 is 4.79 Å². The predicted octanol–water partition coefficient (Wildman–Crippen LogP) is 3.12. The van der Waals surface area contributed by atoms with E-state index in [2.05, 4.69) is 40.7 Å². The molecular weight excluding hydrogens is 286 g/mol. The maximum absolute atomic E-state index is 12.6. The molecule has 0 saturated heterocycles.